The van der Waals surface area contributed by atoms with Crippen molar-refractivity contribution >= 4 is 19.8 Å². The van der Waals surface area contributed by atoms with Gasteiger partial charge in [0.2, 0.25) is 0 Å². The first-order valence-electron chi connectivity index (χ1n) is 27.3. The molecule has 0 aromatic carbocycles. The van der Waals surface area contributed by atoms with Crippen molar-refractivity contribution in [2.24, 2.45) is 5.73 Å². The number of ether oxygens (including phenoxy) is 2. The first-order valence-corrected chi connectivity index (χ1v) is 28.8. The summed E-state index contributed by atoms with van der Waals surface area (Å²) in [5.74, 6) is -0.878. The van der Waals surface area contributed by atoms with Gasteiger partial charge < -0.3 is 20.1 Å². The topological polar surface area (TPSA) is 134 Å². The summed E-state index contributed by atoms with van der Waals surface area (Å²) in [6, 6.07) is 0. The van der Waals surface area contributed by atoms with Gasteiger partial charge in [-0.1, -0.05) is 211 Å². The number of rotatable bonds is 49. The average molecular weight is 1000 g/mol. The van der Waals surface area contributed by atoms with Gasteiger partial charge in [-0.3, -0.25) is 18.6 Å². The third kappa shape index (κ3) is 55.1. The van der Waals surface area contributed by atoms with Crippen molar-refractivity contribution in [1.82, 2.24) is 0 Å². The van der Waals surface area contributed by atoms with Gasteiger partial charge in [0.25, 0.3) is 0 Å². The average Bonchev–Trinajstić information content (AvgIpc) is 3.36. The minimum absolute atomic E-state index is 0.0399. The van der Waals surface area contributed by atoms with E-state index in [1.54, 1.807) is 0 Å². The summed E-state index contributed by atoms with van der Waals surface area (Å²) in [4.78, 5) is 35.1. The molecule has 0 saturated heterocycles. The van der Waals surface area contributed by atoms with E-state index in [1.807, 2.05) is 0 Å². The molecule has 0 bridgehead atoms. The summed E-state index contributed by atoms with van der Waals surface area (Å²) >= 11 is 0. The fourth-order valence-corrected chi connectivity index (χ4v) is 7.52. The summed E-state index contributed by atoms with van der Waals surface area (Å²) in [5, 5.41) is 0. The Morgan fingerprint density at radius 3 is 1.08 bits per heavy atom. The number of unbranched alkanes of at least 4 members (excludes halogenated alkanes) is 12. The number of allylic oxidation sites excluding steroid dienone is 24. The fourth-order valence-electron chi connectivity index (χ4n) is 6.76. The molecule has 0 aliphatic heterocycles. The van der Waals surface area contributed by atoms with Crippen molar-refractivity contribution in [1.29, 1.82) is 0 Å². The van der Waals surface area contributed by atoms with Crippen molar-refractivity contribution in [3.8, 4) is 0 Å². The van der Waals surface area contributed by atoms with Crippen LogP contribution in [0.5, 0.6) is 0 Å². The number of esters is 2. The molecule has 0 aliphatic carbocycles. The van der Waals surface area contributed by atoms with Crippen molar-refractivity contribution in [2.45, 2.75) is 200 Å². The van der Waals surface area contributed by atoms with Gasteiger partial charge >= 0.3 is 19.8 Å². The molecule has 2 atom stereocenters. The predicted octanol–water partition coefficient (Wildman–Crippen LogP) is 17.2. The second kappa shape index (κ2) is 55.2. The van der Waals surface area contributed by atoms with Gasteiger partial charge in [0.15, 0.2) is 6.10 Å². The van der Waals surface area contributed by atoms with Crippen molar-refractivity contribution in [2.75, 3.05) is 26.4 Å². The van der Waals surface area contributed by atoms with Crippen LogP contribution in [-0.4, -0.2) is 49.3 Å². The van der Waals surface area contributed by atoms with E-state index >= 15 is 0 Å². The molecule has 9 nitrogen and oxygen atoms in total. The Morgan fingerprint density at radius 1 is 0.423 bits per heavy atom. The van der Waals surface area contributed by atoms with Crippen molar-refractivity contribution in [3.63, 3.8) is 0 Å². The standard InChI is InChI=1S/C61H98NO8P/c1-3-5-7-9-11-13-15-17-19-21-22-23-24-25-26-27-28-29-30-31-32-33-34-35-36-38-40-42-44-46-48-50-52-54-61(64)70-59(58-69-71(65,66)68-56-55-62)57-67-60(63)53-51-49-47-45-43-41-39-37-20-18-16-14-12-10-8-6-4-2/h5-8,11-14,17-20,22-23,25-26,28-29,31-32,34-35,39,41,59H,3-4,9-10,15-16,21,24,27,30,33,36-38,40,42-58,62H2,1-2H3,(H,65,66)/b7-5-,8-6-,13-11-,14-12-,19-17-,20-18-,23-22-,26-25-,29-28-,32-31-,35-34-,41-39-. The molecule has 0 aromatic rings. The maximum Gasteiger partial charge on any atom is 0.472 e. The molecule has 71 heavy (non-hydrogen) atoms. The van der Waals surface area contributed by atoms with Gasteiger partial charge in [0.05, 0.1) is 13.2 Å². The monoisotopic (exact) mass is 1000 g/mol. The molecule has 0 radical (unpaired) electrons. The molecule has 3 N–H and O–H groups in total. The van der Waals surface area contributed by atoms with Crippen LogP contribution in [0, 0.1) is 0 Å². The first kappa shape index (κ1) is 66.9. The van der Waals surface area contributed by atoms with Crippen LogP contribution in [0.4, 0.5) is 0 Å². The Bertz CT molecular complexity index is 1660. The van der Waals surface area contributed by atoms with Crippen LogP contribution in [-0.2, 0) is 32.7 Å². The van der Waals surface area contributed by atoms with Gasteiger partial charge in [-0.05, 0) is 116 Å². The summed E-state index contributed by atoms with van der Waals surface area (Å²) in [7, 11) is -4.40. The molecule has 0 saturated carbocycles. The van der Waals surface area contributed by atoms with E-state index in [9.17, 15) is 19.0 Å². The van der Waals surface area contributed by atoms with E-state index in [0.717, 1.165) is 128 Å². The smallest absolute Gasteiger partial charge is 0.462 e. The van der Waals surface area contributed by atoms with Gasteiger partial charge in [-0.25, -0.2) is 4.57 Å². The van der Waals surface area contributed by atoms with Gasteiger partial charge in [0.1, 0.15) is 6.61 Å². The Hall–Kier alpha value is -4.11. The lowest BCUT2D eigenvalue weighted by atomic mass is 10.1. The molecule has 0 spiro atoms. The van der Waals surface area contributed by atoms with E-state index in [1.165, 1.54) is 25.7 Å². The number of carbonyl (C=O) groups is 2. The Morgan fingerprint density at radius 2 is 0.732 bits per heavy atom. The molecule has 0 fully saturated rings. The number of nitrogens with two attached hydrogens (primary N) is 1. The predicted molar refractivity (Wildman–Crippen MR) is 302 cm³/mol. The van der Waals surface area contributed by atoms with E-state index < -0.39 is 32.5 Å². The fraction of sp³-hybridized carbons (Fsp3) is 0.574. The third-order valence-electron chi connectivity index (χ3n) is 10.7. The van der Waals surface area contributed by atoms with Crippen LogP contribution in [0.15, 0.2) is 146 Å². The summed E-state index contributed by atoms with van der Waals surface area (Å²) in [6.07, 6.45) is 78.9. The van der Waals surface area contributed by atoms with Crippen molar-refractivity contribution in [3.05, 3.63) is 146 Å². The van der Waals surface area contributed by atoms with Crippen LogP contribution >= 0.6 is 7.82 Å². The Labute approximate surface area is 433 Å². The number of carbonyl (C=O) groups excluding carboxylic acids is 2. The van der Waals surface area contributed by atoms with Gasteiger partial charge in [-0.2, -0.15) is 0 Å². The molecule has 2 unspecified atom stereocenters. The van der Waals surface area contributed by atoms with E-state index in [2.05, 4.69) is 160 Å². The zero-order valence-corrected chi connectivity index (χ0v) is 45.3. The number of phosphoric ester groups is 1. The lowest BCUT2D eigenvalue weighted by Crippen LogP contribution is -2.29. The van der Waals surface area contributed by atoms with E-state index in [-0.39, 0.29) is 32.6 Å². The van der Waals surface area contributed by atoms with Crippen molar-refractivity contribution < 1.29 is 37.6 Å². The summed E-state index contributed by atoms with van der Waals surface area (Å²) in [5.41, 5.74) is 5.37. The van der Waals surface area contributed by atoms with E-state index in [4.69, 9.17) is 24.3 Å². The minimum atomic E-state index is -4.40. The number of hydrogen-bond acceptors (Lipinski definition) is 8. The maximum absolute atomic E-state index is 12.7. The van der Waals surface area contributed by atoms with Gasteiger partial charge in [-0.15, -0.1) is 0 Å². The Kier molecular flexibility index (Phi) is 52.0. The first-order chi connectivity index (χ1) is 34.8. The van der Waals surface area contributed by atoms with Crippen LogP contribution in [0.1, 0.15) is 194 Å². The molecular weight excluding hydrogens is 906 g/mol. The molecule has 10 heteroatoms. The zero-order chi connectivity index (χ0) is 51.7. The van der Waals surface area contributed by atoms with Crippen LogP contribution in [0.25, 0.3) is 0 Å². The molecule has 0 amide bonds. The number of phosphoric acid groups is 1. The summed E-state index contributed by atoms with van der Waals surface area (Å²) in [6.45, 7) is 3.45. The molecule has 0 rings (SSSR count). The second-order valence-corrected chi connectivity index (χ2v) is 18.8. The molecule has 400 valence electrons. The van der Waals surface area contributed by atoms with Gasteiger partial charge in [0, 0.05) is 19.4 Å². The van der Waals surface area contributed by atoms with Crippen LogP contribution in [0.2, 0.25) is 0 Å². The normalized spacial score (nSPS) is 14.3. The molecular formula is C61H98NO8P. The number of hydrogen-bond donors (Lipinski definition) is 2. The highest BCUT2D eigenvalue weighted by atomic mass is 31.2. The zero-order valence-electron chi connectivity index (χ0n) is 44.4. The molecule has 0 heterocycles. The highest BCUT2D eigenvalue weighted by Gasteiger charge is 2.26. The molecule has 0 aromatic heterocycles. The van der Waals surface area contributed by atoms with Crippen LogP contribution in [0.3, 0.4) is 0 Å². The highest BCUT2D eigenvalue weighted by Crippen LogP contribution is 2.43. The highest BCUT2D eigenvalue weighted by molar-refractivity contribution is 7.47. The largest absolute Gasteiger partial charge is 0.472 e. The SMILES string of the molecule is CC/C=C\C/C=C\C/C=C\C/C=C\C/C=C\C/C=C\C/C=C\C/C=C\CCCCCCCCCCC(=O)OC(COC(=O)CCCCCC/C=C\C/C=C\C/C=C\C/C=C\CC)COP(=O)(O)OCCN. The lowest BCUT2D eigenvalue weighted by Gasteiger charge is -2.19. The minimum Gasteiger partial charge on any atom is -0.462 e. The lowest BCUT2D eigenvalue weighted by molar-refractivity contribution is -0.161. The van der Waals surface area contributed by atoms with Crippen LogP contribution < -0.4 is 5.73 Å². The second-order valence-electron chi connectivity index (χ2n) is 17.3. The Balaban J connectivity index is 4.09. The quantitative estimate of drug-likeness (QED) is 0.0264. The third-order valence-corrected chi connectivity index (χ3v) is 11.7. The summed E-state index contributed by atoms with van der Waals surface area (Å²) < 4.78 is 32.9. The maximum atomic E-state index is 12.7. The molecule has 0 aliphatic rings. The van der Waals surface area contributed by atoms with E-state index in [0.29, 0.717) is 12.8 Å².